The molecule has 0 aromatic carbocycles. The minimum atomic E-state index is 0.0419. The van der Waals surface area contributed by atoms with Gasteiger partial charge in [-0.25, -0.2) is 4.98 Å². The molecule has 0 spiro atoms. The first-order valence-electron chi connectivity index (χ1n) is 8.90. The van der Waals surface area contributed by atoms with E-state index in [2.05, 4.69) is 39.4 Å². The summed E-state index contributed by atoms with van der Waals surface area (Å²) in [6.45, 7) is 12.1. The van der Waals surface area contributed by atoms with Crippen molar-refractivity contribution in [3.63, 3.8) is 0 Å². The molecule has 2 rings (SSSR count). The minimum Gasteiger partial charge on any atom is -0.478 e. The SMILES string of the molecule is CCOc1cc(CNC(=NC)NCC(C)(C)N2CCOCC2)ccn1. The van der Waals surface area contributed by atoms with Crippen LogP contribution in [0.2, 0.25) is 0 Å². The molecule has 0 bridgehead atoms. The third kappa shape index (κ3) is 6.17. The van der Waals surface area contributed by atoms with Crippen LogP contribution in [-0.2, 0) is 11.3 Å². The molecule has 1 saturated heterocycles. The summed E-state index contributed by atoms with van der Waals surface area (Å²) < 4.78 is 10.9. The predicted molar refractivity (Wildman–Crippen MR) is 100 cm³/mol. The van der Waals surface area contributed by atoms with Gasteiger partial charge in [-0.2, -0.15) is 0 Å². The van der Waals surface area contributed by atoms with Crippen LogP contribution in [0.25, 0.3) is 0 Å². The number of hydrogen-bond donors (Lipinski definition) is 2. The van der Waals surface area contributed by atoms with Gasteiger partial charge in [-0.15, -0.1) is 0 Å². The molecule has 2 heterocycles. The lowest BCUT2D eigenvalue weighted by Crippen LogP contribution is -2.56. The molecule has 1 aliphatic rings. The molecule has 1 aromatic rings. The van der Waals surface area contributed by atoms with E-state index in [4.69, 9.17) is 9.47 Å². The zero-order valence-electron chi connectivity index (χ0n) is 15.8. The normalized spacial score (nSPS) is 16.6. The standard InChI is InChI=1S/C18H31N5O2/c1-5-25-16-12-15(6-7-20-16)13-21-17(19-4)22-14-18(2,3)23-8-10-24-11-9-23/h6-7,12H,5,8-11,13-14H2,1-4H3,(H2,19,21,22). The number of hydrogen-bond acceptors (Lipinski definition) is 5. The van der Waals surface area contributed by atoms with Gasteiger partial charge in [0.15, 0.2) is 5.96 Å². The van der Waals surface area contributed by atoms with Crippen molar-refractivity contribution < 1.29 is 9.47 Å². The maximum absolute atomic E-state index is 5.44. The van der Waals surface area contributed by atoms with Crippen LogP contribution < -0.4 is 15.4 Å². The molecule has 0 amide bonds. The highest BCUT2D eigenvalue weighted by Crippen LogP contribution is 2.15. The van der Waals surface area contributed by atoms with E-state index in [1.165, 1.54) is 0 Å². The number of nitrogens with zero attached hydrogens (tertiary/aromatic N) is 3. The smallest absolute Gasteiger partial charge is 0.213 e. The van der Waals surface area contributed by atoms with Crippen molar-refractivity contribution in [2.24, 2.45) is 4.99 Å². The van der Waals surface area contributed by atoms with Crippen LogP contribution in [-0.4, -0.2) is 67.9 Å². The topological polar surface area (TPSA) is 71.0 Å². The number of pyridine rings is 1. The van der Waals surface area contributed by atoms with E-state index in [1.807, 2.05) is 19.1 Å². The highest BCUT2D eigenvalue weighted by molar-refractivity contribution is 5.79. The van der Waals surface area contributed by atoms with Crippen molar-refractivity contribution in [1.82, 2.24) is 20.5 Å². The average molecular weight is 349 g/mol. The number of ether oxygens (including phenoxy) is 2. The lowest BCUT2D eigenvalue weighted by molar-refractivity contribution is -0.00834. The summed E-state index contributed by atoms with van der Waals surface area (Å²) in [6, 6.07) is 3.92. The minimum absolute atomic E-state index is 0.0419. The van der Waals surface area contributed by atoms with E-state index in [0.29, 0.717) is 19.0 Å². The van der Waals surface area contributed by atoms with E-state index in [0.717, 1.165) is 44.4 Å². The van der Waals surface area contributed by atoms with Crippen LogP contribution in [0.4, 0.5) is 0 Å². The first-order chi connectivity index (χ1) is 12.0. The zero-order valence-corrected chi connectivity index (χ0v) is 15.8. The molecule has 0 unspecified atom stereocenters. The molecule has 1 aromatic heterocycles. The van der Waals surface area contributed by atoms with Crippen molar-refractivity contribution in [1.29, 1.82) is 0 Å². The summed E-state index contributed by atoms with van der Waals surface area (Å²) in [4.78, 5) is 11.0. The fourth-order valence-corrected chi connectivity index (χ4v) is 2.77. The van der Waals surface area contributed by atoms with E-state index < -0.39 is 0 Å². The second-order valence-electron chi connectivity index (χ2n) is 6.63. The molecule has 0 saturated carbocycles. The van der Waals surface area contributed by atoms with Gasteiger partial charge in [0, 0.05) is 51.0 Å². The van der Waals surface area contributed by atoms with Gasteiger partial charge in [-0.1, -0.05) is 0 Å². The predicted octanol–water partition coefficient (Wildman–Crippen LogP) is 1.26. The molecule has 2 N–H and O–H groups in total. The van der Waals surface area contributed by atoms with Gasteiger partial charge in [0.05, 0.1) is 19.8 Å². The fraction of sp³-hybridized carbons (Fsp3) is 0.667. The molecule has 0 aliphatic carbocycles. The first-order valence-corrected chi connectivity index (χ1v) is 8.90. The van der Waals surface area contributed by atoms with Gasteiger partial charge < -0.3 is 20.1 Å². The Morgan fingerprint density at radius 3 is 2.80 bits per heavy atom. The van der Waals surface area contributed by atoms with Crippen LogP contribution in [0.3, 0.4) is 0 Å². The molecular weight excluding hydrogens is 318 g/mol. The third-order valence-corrected chi connectivity index (χ3v) is 4.33. The van der Waals surface area contributed by atoms with Crippen molar-refractivity contribution >= 4 is 5.96 Å². The Morgan fingerprint density at radius 1 is 1.36 bits per heavy atom. The molecule has 0 atom stereocenters. The molecule has 0 radical (unpaired) electrons. The summed E-state index contributed by atoms with van der Waals surface area (Å²) in [5.41, 5.74) is 1.15. The van der Waals surface area contributed by atoms with Crippen LogP contribution in [0.5, 0.6) is 5.88 Å². The van der Waals surface area contributed by atoms with Gasteiger partial charge in [0.1, 0.15) is 0 Å². The third-order valence-electron chi connectivity index (χ3n) is 4.33. The highest BCUT2D eigenvalue weighted by Gasteiger charge is 2.28. The van der Waals surface area contributed by atoms with Gasteiger partial charge >= 0.3 is 0 Å². The van der Waals surface area contributed by atoms with Gasteiger partial charge in [-0.05, 0) is 32.4 Å². The van der Waals surface area contributed by atoms with Crippen molar-refractivity contribution in [2.45, 2.75) is 32.9 Å². The first kappa shape index (κ1) is 19.5. The van der Waals surface area contributed by atoms with Crippen molar-refractivity contribution in [2.75, 3.05) is 46.5 Å². The molecular formula is C18H31N5O2. The molecule has 25 heavy (non-hydrogen) atoms. The quantitative estimate of drug-likeness (QED) is 0.570. The van der Waals surface area contributed by atoms with Crippen LogP contribution >= 0.6 is 0 Å². The van der Waals surface area contributed by atoms with E-state index >= 15 is 0 Å². The maximum Gasteiger partial charge on any atom is 0.213 e. The summed E-state index contributed by atoms with van der Waals surface area (Å²) in [5, 5.41) is 6.77. The van der Waals surface area contributed by atoms with E-state index in [-0.39, 0.29) is 5.54 Å². The molecule has 140 valence electrons. The molecule has 7 heteroatoms. The van der Waals surface area contributed by atoms with Gasteiger partial charge in [-0.3, -0.25) is 9.89 Å². The Hall–Kier alpha value is -1.86. The monoisotopic (exact) mass is 349 g/mol. The second kappa shape index (κ2) is 9.58. The summed E-state index contributed by atoms with van der Waals surface area (Å²) >= 11 is 0. The van der Waals surface area contributed by atoms with E-state index in [1.54, 1.807) is 13.2 Å². The summed E-state index contributed by atoms with van der Waals surface area (Å²) in [5.74, 6) is 1.44. The summed E-state index contributed by atoms with van der Waals surface area (Å²) in [7, 11) is 1.79. The fourth-order valence-electron chi connectivity index (χ4n) is 2.77. The number of rotatable bonds is 7. The molecule has 1 aliphatic heterocycles. The number of aromatic nitrogens is 1. The Kier molecular flexibility index (Phi) is 7.46. The van der Waals surface area contributed by atoms with Crippen LogP contribution in [0.1, 0.15) is 26.3 Å². The number of guanidine groups is 1. The Balaban J connectivity index is 1.83. The zero-order chi connectivity index (χ0) is 18.1. The largest absolute Gasteiger partial charge is 0.478 e. The Bertz CT molecular complexity index is 556. The van der Waals surface area contributed by atoms with Crippen LogP contribution in [0, 0.1) is 0 Å². The lowest BCUT2D eigenvalue weighted by atomic mass is 10.0. The average Bonchev–Trinajstić information content (AvgIpc) is 2.63. The summed E-state index contributed by atoms with van der Waals surface area (Å²) in [6.07, 6.45) is 1.76. The van der Waals surface area contributed by atoms with Crippen LogP contribution in [0.15, 0.2) is 23.3 Å². The highest BCUT2D eigenvalue weighted by atomic mass is 16.5. The number of nitrogens with one attached hydrogen (secondary N) is 2. The second-order valence-corrected chi connectivity index (χ2v) is 6.63. The van der Waals surface area contributed by atoms with Gasteiger partial charge in [0.2, 0.25) is 5.88 Å². The number of morpholine rings is 1. The maximum atomic E-state index is 5.44. The van der Waals surface area contributed by atoms with E-state index in [9.17, 15) is 0 Å². The molecule has 7 nitrogen and oxygen atoms in total. The number of aliphatic imine (C=N–C) groups is 1. The Morgan fingerprint density at radius 2 is 2.12 bits per heavy atom. The lowest BCUT2D eigenvalue weighted by Gasteiger charge is -2.41. The van der Waals surface area contributed by atoms with Gasteiger partial charge in [0.25, 0.3) is 0 Å². The Labute approximate surface area is 150 Å². The molecule has 1 fully saturated rings. The van der Waals surface area contributed by atoms with Crippen molar-refractivity contribution in [3.05, 3.63) is 23.9 Å². The van der Waals surface area contributed by atoms with Crippen molar-refractivity contribution in [3.8, 4) is 5.88 Å².